The van der Waals surface area contributed by atoms with E-state index in [4.69, 9.17) is 4.74 Å². The van der Waals surface area contributed by atoms with E-state index in [9.17, 15) is 4.79 Å². The highest BCUT2D eigenvalue weighted by molar-refractivity contribution is 5.77. The average Bonchev–Trinajstić information content (AvgIpc) is 2.53. The first-order chi connectivity index (χ1) is 10.8. The number of ether oxygens (including phenoxy) is 1. The molecule has 0 N–H and O–H groups in total. The molecule has 2 nitrogen and oxygen atoms in total. The molecule has 0 saturated heterocycles. The Labute approximate surface area is 141 Å². The monoisotopic (exact) mass is 316 g/mol. The lowest BCUT2D eigenvalue weighted by Crippen LogP contribution is -2.53. The molecule has 1 fully saturated rings. The van der Waals surface area contributed by atoms with Gasteiger partial charge in [0.25, 0.3) is 0 Å². The maximum Gasteiger partial charge on any atom is 0.311 e. The van der Waals surface area contributed by atoms with Crippen LogP contribution in [0, 0.1) is 28.6 Å². The lowest BCUT2D eigenvalue weighted by molar-refractivity contribution is -0.166. The molecular formula is C21H32O2. The van der Waals surface area contributed by atoms with Gasteiger partial charge in [-0.3, -0.25) is 4.79 Å². The molecule has 23 heavy (non-hydrogen) atoms. The zero-order chi connectivity index (χ0) is 16.8. The number of carbonyl (C=O) groups is 1. The van der Waals surface area contributed by atoms with Gasteiger partial charge in [0.05, 0.1) is 12.5 Å². The van der Waals surface area contributed by atoms with Gasteiger partial charge in [-0.05, 0) is 67.8 Å². The third-order valence-electron chi connectivity index (χ3n) is 7.23. The van der Waals surface area contributed by atoms with Crippen LogP contribution < -0.4 is 0 Å². The van der Waals surface area contributed by atoms with Crippen LogP contribution >= 0.6 is 0 Å². The van der Waals surface area contributed by atoms with Gasteiger partial charge in [-0.1, -0.05) is 44.9 Å². The molecule has 1 saturated carbocycles. The Morgan fingerprint density at radius 2 is 2.04 bits per heavy atom. The van der Waals surface area contributed by atoms with Crippen LogP contribution in [0.5, 0.6) is 0 Å². The first kappa shape index (κ1) is 16.8. The van der Waals surface area contributed by atoms with Gasteiger partial charge >= 0.3 is 5.97 Å². The van der Waals surface area contributed by atoms with Gasteiger partial charge in [0.2, 0.25) is 0 Å². The highest BCUT2D eigenvalue weighted by Gasteiger charge is 2.57. The number of rotatable bonds is 2. The zero-order valence-electron chi connectivity index (χ0n) is 15.4. The molecule has 0 aromatic rings. The molecule has 128 valence electrons. The van der Waals surface area contributed by atoms with Crippen molar-refractivity contribution in [1.29, 1.82) is 0 Å². The maximum absolute atomic E-state index is 12.5. The van der Waals surface area contributed by atoms with Crippen LogP contribution in [-0.4, -0.2) is 13.1 Å². The second-order valence-corrected chi connectivity index (χ2v) is 8.73. The number of hydrogen-bond donors (Lipinski definition) is 0. The summed E-state index contributed by atoms with van der Waals surface area (Å²) in [5, 5.41) is 0. The molecule has 0 spiro atoms. The Bertz CT molecular complexity index is 556. The molecule has 0 radical (unpaired) electrons. The minimum atomic E-state index is -0.314. The number of hydrogen-bond acceptors (Lipinski definition) is 2. The zero-order valence-corrected chi connectivity index (χ0v) is 15.4. The van der Waals surface area contributed by atoms with Crippen molar-refractivity contribution in [2.75, 3.05) is 7.11 Å². The van der Waals surface area contributed by atoms with Crippen molar-refractivity contribution in [3.8, 4) is 0 Å². The SMILES string of the molecule is COC(=O)[C@]1(C)CCCC2(C)C3CCC(C(C)C)=CC3=CCC21. The van der Waals surface area contributed by atoms with Crippen molar-refractivity contribution in [2.45, 2.75) is 66.2 Å². The highest BCUT2D eigenvalue weighted by atomic mass is 16.5. The predicted octanol–water partition coefficient (Wildman–Crippen LogP) is 5.29. The van der Waals surface area contributed by atoms with Gasteiger partial charge in [-0.15, -0.1) is 0 Å². The summed E-state index contributed by atoms with van der Waals surface area (Å²) in [6.45, 7) is 9.20. The fourth-order valence-electron chi connectivity index (χ4n) is 5.82. The highest BCUT2D eigenvalue weighted by Crippen LogP contribution is 2.62. The Morgan fingerprint density at radius 3 is 2.70 bits per heavy atom. The fourth-order valence-corrected chi connectivity index (χ4v) is 5.82. The summed E-state index contributed by atoms with van der Waals surface area (Å²) in [4.78, 5) is 12.5. The predicted molar refractivity (Wildman–Crippen MR) is 93.9 cm³/mol. The maximum atomic E-state index is 12.5. The molecule has 0 heterocycles. The van der Waals surface area contributed by atoms with Gasteiger partial charge in [0, 0.05) is 0 Å². The molecule has 3 unspecified atom stereocenters. The summed E-state index contributed by atoms with van der Waals surface area (Å²) in [6, 6.07) is 0. The third-order valence-corrected chi connectivity index (χ3v) is 7.23. The number of esters is 1. The van der Waals surface area contributed by atoms with Crippen LogP contribution in [0.4, 0.5) is 0 Å². The van der Waals surface area contributed by atoms with E-state index in [-0.39, 0.29) is 16.8 Å². The second-order valence-electron chi connectivity index (χ2n) is 8.73. The van der Waals surface area contributed by atoms with Crippen LogP contribution in [0.15, 0.2) is 23.3 Å². The third kappa shape index (κ3) is 2.49. The summed E-state index contributed by atoms with van der Waals surface area (Å²) in [5.74, 6) is 1.68. The van der Waals surface area contributed by atoms with E-state index >= 15 is 0 Å². The second kappa shape index (κ2) is 5.79. The first-order valence-corrected chi connectivity index (χ1v) is 9.32. The van der Waals surface area contributed by atoms with Crippen LogP contribution in [-0.2, 0) is 9.53 Å². The van der Waals surface area contributed by atoms with E-state index in [0.717, 1.165) is 19.3 Å². The molecule has 3 aliphatic rings. The summed E-state index contributed by atoms with van der Waals surface area (Å²) in [6.07, 6.45) is 11.8. The number of fused-ring (bicyclic) bond motifs is 3. The molecule has 4 atom stereocenters. The minimum absolute atomic E-state index is 0.000467. The standard InChI is InChI=1S/C21H32O2/c1-14(2)15-7-9-17-16(13-15)8-10-18-20(17,3)11-6-12-21(18,4)19(22)23-5/h8,13-14,17-18H,6-7,9-12H2,1-5H3/t17?,18?,20?,21-/m1/s1. The topological polar surface area (TPSA) is 26.3 Å². The molecule has 0 aromatic carbocycles. The van der Waals surface area contributed by atoms with Crippen molar-refractivity contribution < 1.29 is 9.53 Å². The van der Waals surface area contributed by atoms with Crippen molar-refractivity contribution in [3.63, 3.8) is 0 Å². The molecule has 3 rings (SSSR count). The smallest absolute Gasteiger partial charge is 0.311 e. The molecule has 0 bridgehead atoms. The van der Waals surface area contributed by atoms with Crippen molar-refractivity contribution in [2.24, 2.45) is 28.6 Å². The Balaban J connectivity index is 1.99. The lowest BCUT2D eigenvalue weighted by atomic mass is 9.47. The van der Waals surface area contributed by atoms with Gasteiger partial charge in [0.15, 0.2) is 0 Å². The first-order valence-electron chi connectivity index (χ1n) is 9.32. The van der Waals surface area contributed by atoms with Crippen LogP contribution in [0.25, 0.3) is 0 Å². The van der Waals surface area contributed by atoms with E-state index in [1.54, 1.807) is 18.3 Å². The Morgan fingerprint density at radius 1 is 1.30 bits per heavy atom. The number of carbonyl (C=O) groups excluding carboxylic acids is 1. The average molecular weight is 316 g/mol. The summed E-state index contributed by atoms with van der Waals surface area (Å²) in [5.41, 5.74) is 3.07. The summed E-state index contributed by atoms with van der Waals surface area (Å²) in [7, 11) is 1.54. The largest absolute Gasteiger partial charge is 0.469 e. The fraction of sp³-hybridized carbons (Fsp3) is 0.762. The number of allylic oxidation sites excluding steroid dienone is 4. The normalized spacial score (nSPS) is 39.9. The quantitative estimate of drug-likeness (QED) is 0.647. The molecular weight excluding hydrogens is 284 g/mol. The van der Waals surface area contributed by atoms with E-state index in [1.165, 1.54) is 19.3 Å². The lowest BCUT2D eigenvalue weighted by Gasteiger charge is -2.57. The molecule has 0 amide bonds. The molecule has 0 aromatic heterocycles. The Hall–Kier alpha value is -1.05. The van der Waals surface area contributed by atoms with E-state index in [0.29, 0.717) is 17.8 Å². The van der Waals surface area contributed by atoms with E-state index in [2.05, 4.69) is 39.8 Å². The van der Waals surface area contributed by atoms with Crippen molar-refractivity contribution in [1.82, 2.24) is 0 Å². The van der Waals surface area contributed by atoms with Gasteiger partial charge in [-0.2, -0.15) is 0 Å². The molecule has 3 aliphatic carbocycles. The van der Waals surface area contributed by atoms with Crippen molar-refractivity contribution >= 4 is 5.97 Å². The summed E-state index contributed by atoms with van der Waals surface area (Å²) >= 11 is 0. The molecule has 2 heteroatoms. The Kier molecular flexibility index (Phi) is 4.23. The van der Waals surface area contributed by atoms with Crippen LogP contribution in [0.2, 0.25) is 0 Å². The van der Waals surface area contributed by atoms with Gasteiger partial charge in [0.1, 0.15) is 0 Å². The number of methoxy groups -OCH3 is 1. The van der Waals surface area contributed by atoms with Crippen LogP contribution in [0.1, 0.15) is 66.2 Å². The van der Waals surface area contributed by atoms with E-state index in [1.807, 2.05) is 0 Å². The minimum Gasteiger partial charge on any atom is -0.469 e. The van der Waals surface area contributed by atoms with E-state index < -0.39 is 0 Å². The van der Waals surface area contributed by atoms with Gasteiger partial charge in [-0.25, -0.2) is 0 Å². The van der Waals surface area contributed by atoms with Crippen LogP contribution in [0.3, 0.4) is 0 Å². The summed E-state index contributed by atoms with van der Waals surface area (Å²) < 4.78 is 5.20. The van der Waals surface area contributed by atoms with Gasteiger partial charge < -0.3 is 4.74 Å². The van der Waals surface area contributed by atoms with Crippen molar-refractivity contribution in [3.05, 3.63) is 23.3 Å². The molecule has 0 aliphatic heterocycles.